The summed E-state index contributed by atoms with van der Waals surface area (Å²) in [4.78, 5) is 51.2. The van der Waals surface area contributed by atoms with E-state index in [0.29, 0.717) is 23.2 Å². The Balaban J connectivity index is 0.926. The molecule has 3 unspecified atom stereocenters. The van der Waals surface area contributed by atoms with Gasteiger partial charge in [-0.3, -0.25) is 29.4 Å². The van der Waals surface area contributed by atoms with Gasteiger partial charge in [0, 0.05) is 30.7 Å². The maximum Gasteiger partial charge on any atom is 0.264 e. The zero-order chi connectivity index (χ0) is 25.8. The first-order valence-corrected chi connectivity index (χ1v) is 13.8. The molecule has 0 aromatic heterocycles. The maximum absolute atomic E-state index is 13.3. The summed E-state index contributed by atoms with van der Waals surface area (Å²) >= 11 is 0. The van der Waals surface area contributed by atoms with Crippen LogP contribution in [0.4, 0.5) is 5.69 Å². The van der Waals surface area contributed by atoms with E-state index in [4.69, 9.17) is 0 Å². The van der Waals surface area contributed by atoms with E-state index < -0.39 is 23.8 Å². The van der Waals surface area contributed by atoms with Crippen molar-refractivity contribution in [3.63, 3.8) is 0 Å². The lowest BCUT2D eigenvalue weighted by atomic mass is 9.15. The summed E-state index contributed by atoms with van der Waals surface area (Å²) in [6, 6.07) is 12.7. The quantitative estimate of drug-likeness (QED) is 0.495. The molecule has 8 nitrogen and oxygen atoms in total. The van der Waals surface area contributed by atoms with Gasteiger partial charge in [-0.05, 0) is 78.5 Å². The van der Waals surface area contributed by atoms with Crippen molar-refractivity contribution < 1.29 is 19.2 Å². The number of hydrogen-bond acceptors (Lipinski definition) is 6. The van der Waals surface area contributed by atoms with Crippen LogP contribution in [0.3, 0.4) is 0 Å². The fraction of sp³-hybridized carbons (Fsp3) is 0.467. The first kappa shape index (κ1) is 22.5. The first-order valence-electron chi connectivity index (χ1n) is 13.8. The van der Waals surface area contributed by atoms with Crippen LogP contribution >= 0.6 is 0 Å². The summed E-state index contributed by atoms with van der Waals surface area (Å²) in [6.07, 6.45) is 5.92. The fourth-order valence-corrected chi connectivity index (χ4v) is 9.14. The lowest BCUT2D eigenvalue weighted by Crippen LogP contribution is -2.92. The van der Waals surface area contributed by atoms with Gasteiger partial charge in [0.2, 0.25) is 11.8 Å². The zero-order valence-electron chi connectivity index (χ0n) is 21.1. The fourth-order valence-electron chi connectivity index (χ4n) is 9.14. The molecule has 2 aromatic carbocycles. The van der Waals surface area contributed by atoms with E-state index >= 15 is 0 Å². The molecular weight excluding hydrogens is 480 g/mol. The summed E-state index contributed by atoms with van der Waals surface area (Å²) in [7, 11) is 0. The van der Waals surface area contributed by atoms with E-state index in [1.165, 1.54) is 31.2 Å². The summed E-state index contributed by atoms with van der Waals surface area (Å²) in [5.41, 5.74) is 4.58. The molecule has 0 bridgehead atoms. The summed E-state index contributed by atoms with van der Waals surface area (Å²) in [5, 5.41) is 9.50. The van der Waals surface area contributed by atoms with E-state index in [2.05, 4.69) is 40.2 Å². The third-order valence-electron chi connectivity index (χ3n) is 10.8. The molecule has 4 aliphatic carbocycles. The number of carbonyl (C=O) groups is 4. The van der Waals surface area contributed by atoms with Gasteiger partial charge in [0.1, 0.15) is 6.04 Å². The second-order valence-electron chi connectivity index (χ2n) is 12.2. The highest BCUT2D eigenvalue weighted by Crippen LogP contribution is 2.89. The Morgan fingerprint density at radius 3 is 2.24 bits per heavy atom. The summed E-state index contributed by atoms with van der Waals surface area (Å²) < 4.78 is 0. The Labute approximate surface area is 220 Å². The molecule has 38 heavy (non-hydrogen) atoms. The number of imide groups is 2. The van der Waals surface area contributed by atoms with Crippen molar-refractivity contribution in [3.8, 4) is 0 Å². The Morgan fingerprint density at radius 2 is 1.58 bits per heavy atom. The predicted molar refractivity (Wildman–Crippen MR) is 138 cm³/mol. The second kappa shape index (κ2) is 7.53. The van der Waals surface area contributed by atoms with Crippen molar-refractivity contribution in [1.29, 1.82) is 0 Å². The van der Waals surface area contributed by atoms with E-state index in [1.807, 2.05) is 0 Å². The van der Waals surface area contributed by atoms with Crippen LogP contribution in [-0.2, 0) is 22.7 Å². The molecule has 1 spiro atoms. The summed E-state index contributed by atoms with van der Waals surface area (Å²) in [6.45, 7) is 1.41. The van der Waals surface area contributed by atoms with Crippen LogP contribution in [0, 0.1) is 23.2 Å². The Bertz CT molecular complexity index is 1410. The lowest BCUT2D eigenvalue weighted by Gasteiger charge is -2.91. The normalized spacial score (nSPS) is 35.6. The standard InChI is InChI=1S/C30H30N4O4/c35-24-9-8-23(26(36)33-24)34-27(37)21-2-1-3-22(25(21)28(34)38)31-14-16-4-6-17(7-5-16)15-32-29-12-19-10-18-11-20(13-29)30(18,19)29/h1-7,18-20,23,31-32H,8-15H2,(H,33,35,36). The van der Waals surface area contributed by atoms with Crippen molar-refractivity contribution in [3.05, 3.63) is 64.7 Å². The molecule has 5 fully saturated rings. The molecule has 2 aliphatic heterocycles. The van der Waals surface area contributed by atoms with Gasteiger partial charge in [-0.25, -0.2) is 0 Å². The molecule has 8 rings (SSSR count). The van der Waals surface area contributed by atoms with Crippen LogP contribution < -0.4 is 16.0 Å². The van der Waals surface area contributed by atoms with Gasteiger partial charge in [-0.15, -0.1) is 0 Å². The molecule has 1 saturated heterocycles. The number of anilines is 1. The van der Waals surface area contributed by atoms with Gasteiger partial charge >= 0.3 is 0 Å². The van der Waals surface area contributed by atoms with E-state index in [-0.39, 0.29) is 29.9 Å². The minimum Gasteiger partial charge on any atom is -0.380 e. The number of rotatable bonds is 7. The van der Waals surface area contributed by atoms with Crippen molar-refractivity contribution in [1.82, 2.24) is 15.5 Å². The number of benzene rings is 2. The molecule has 0 radical (unpaired) electrons. The number of nitrogens with one attached hydrogen (secondary N) is 3. The molecule has 3 atom stereocenters. The van der Waals surface area contributed by atoms with Gasteiger partial charge in [-0.2, -0.15) is 0 Å². The number of piperidine rings is 1. The van der Waals surface area contributed by atoms with E-state index in [9.17, 15) is 19.2 Å². The number of amides is 4. The smallest absolute Gasteiger partial charge is 0.264 e. The number of fused-ring (bicyclic) bond motifs is 1. The van der Waals surface area contributed by atoms with Crippen LogP contribution in [-0.4, -0.2) is 40.1 Å². The Hall–Kier alpha value is -3.52. The topological polar surface area (TPSA) is 108 Å². The summed E-state index contributed by atoms with van der Waals surface area (Å²) in [5.74, 6) is 1.01. The lowest BCUT2D eigenvalue weighted by molar-refractivity contribution is -0.397. The van der Waals surface area contributed by atoms with E-state index in [0.717, 1.165) is 34.8 Å². The highest BCUT2D eigenvalue weighted by Gasteiger charge is 2.87. The third kappa shape index (κ3) is 2.69. The Kier molecular flexibility index (Phi) is 4.45. The first-order chi connectivity index (χ1) is 18.4. The maximum atomic E-state index is 13.3. The number of hydrogen-bond donors (Lipinski definition) is 3. The van der Waals surface area contributed by atoms with Gasteiger partial charge in [0.25, 0.3) is 11.8 Å². The highest BCUT2D eigenvalue weighted by molar-refractivity contribution is 6.25. The molecule has 4 amide bonds. The SMILES string of the molecule is O=C1CCC(N2C(=O)c3cccc(NCc4ccc(CNC56CC7CC8CC(C5)C876)cc4)c3C2=O)C(=O)N1. The molecule has 194 valence electrons. The Morgan fingerprint density at radius 1 is 0.868 bits per heavy atom. The van der Waals surface area contributed by atoms with Crippen molar-refractivity contribution in [2.45, 2.75) is 63.2 Å². The molecule has 4 saturated carbocycles. The van der Waals surface area contributed by atoms with Gasteiger partial charge in [-0.1, -0.05) is 30.3 Å². The largest absolute Gasteiger partial charge is 0.380 e. The molecule has 2 heterocycles. The van der Waals surface area contributed by atoms with Gasteiger partial charge < -0.3 is 10.6 Å². The third-order valence-corrected chi connectivity index (χ3v) is 10.8. The minimum absolute atomic E-state index is 0.101. The second-order valence-corrected chi connectivity index (χ2v) is 12.2. The predicted octanol–water partition coefficient (Wildman–Crippen LogP) is 2.98. The molecule has 3 N–H and O–H groups in total. The molecule has 8 heteroatoms. The monoisotopic (exact) mass is 510 g/mol. The molecule has 2 aromatic rings. The van der Waals surface area contributed by atoms with Crippen LogP contribution in [0.2, 0.25) is 0 Å². The van der Waals surface area contributed by atoms with Crippen molar-refractivity contribution in [2.24, 2.45) is 23.2 Å². The van der Waals surface area contributed by atoms with Gasteiger partial charge in [0.05, 0.1) is 11.1 Å². The van der Waals surface area contributed by atoms with Crippen LogP contribution in [0.5, 0.6) is 0 Å². The average Bonchev–Trinajstić information content (AvgIpc) is 3.12. The van der Waals surface area contributed by atoms with Gasteiger partial charge in [0.15, 0.2) is 0 Å². The average molecular weight is 511 g/mol. The molecule has 6 aliphatic rings. The van der Waals surface area contributed by atoms with Crippen LogP contribution in [0.1, 0.15) is 70.4 Å². The van der Waals surface area contributed by atoms with Crippen molar-refractivity contribution in [2.75, 3.05) is 5.32 Å². The van der Waals surface area contributed by atoms with Crippen LogP contribution in [0.15, 0.2) is 42.5 Å². The molecular formula is C30H30N4O4. The number of carbonyl (C=O) groups excluding carboxylic acids is 4. The zero-order valence-corrected chi connectivity index (χ0v) is 21.1. The van der Waals surface area contributed by atoms with Crippen LogP contribution in [0.25, 0.3) is 0 Å². The van der Waals surface area contributed by atoms with E-state index in [1.54, 1.807) is 18.2 Å². The number of nitrogens with zero attached hydrogens (tertiary/aromatic N) is 1. The minimum atomic E-state index is -0.968. The van der Waals surface area contributed by atoms with Crippen molar-refractivity contribution >= 4 is 29.3 Å². The highest BCUT2D eigenvalue weighted by atomic mass is 16.2.